The zero-order chi connectivity index (χ0) is 25.3. The van der Waals surface area contributed by atoms with Crippen LogP contribution in [0.4, 0.5) is 21.9 Å². The molecule has 16 heteroatoms. The van der Waals surface area contributed by atoms with E-state index < -0.39 is 47.6 Å². The molecule has 1 fully saturated rings. The van der Waals surface area contributed by atoms with E-state index in [4.69, 9.17) is 10.3 Å². The van der Waals surface area contributed by atoms with E-state index in [0.717, 1.165) is 6.07 Å². The third kappa shape index (κ3) is 6.88. The van der Waals surface area contributed by atoms with Crippen LogP contribution in [0.5, 0.6) is 0 Å². The van der Waals surface area contributed by atoms with E-state index in [-0.39, 0.29) is 49.7 Å². The molecule has 1 aromatic carbocycles. The Hall–Kier alpha value is -3.24. The van der Waals surface area contributed by atoms with Crippen LogP contribution in [0.1, 0.15) is 6.42 Å². The minimum Gasteiger partial charge on any atom is -0.448 e. The van der Waals surface area contributed by atoms with Gasteiger partial charge in [0.1, 0.15) is 35.6 Å². The van der Waals surface area contributed by atoms with Crippen LogP contribution in [0.15, 0.2) is 23.3 Å². The molecule has 1 aromatic rings. The number of anilines is 1. The van der Waals surface area contributed by atoms with Crippen molar-refractivity contribution in [2.45, 2.75) is 36.4 Å². The second-order valence-electron chi connectivity index (χ2n) is 7.60. The molecule has 5 atom stereocenters. The fourth-order valence-electron chi connectivity index (χ4n) is 3.46. The van der Waals surface area contributed by atoms with Crippen LogP contribution < -0.4 is 20.9 Å². The molecule has 1 saturated carbocycles. The van der Waals surface area contributed by atoms with Crippen LogP contribution >= 0.6 is 0 Å². The number of alkyl carbamates (subject to hydrolysis) is 1. The average Bonchev–Trinajstić information content (AvgIpc) is 2.82. The van der Waals surface area contributed by atoms with Crippen LogP contribution in [0.2, 0.25) is 0 Å². The van der Waals surface area contributed by atoms with Gasteiger partial charge in [-0.25, -0.2) is 4.79 Å². The first-order chi connectivity index (χ1) is 16.1. The first-order valence-electron chi connectivity index (χ1n) is 10.2. The van der Waals surface area contributed by atoms with Crippen molar-refractivity contribution in [3.63, 3.8) is 0 Å². The molecule has 0 radical (unpaired) electrons. The van der Waals surface area contributed by atoms with Gasteiger partial charge < -0.3 is 46.2 Å². The van der Waals surface area contributed by atoms with E-state index >= 15 is 0 Å². The van der Waals surface area contributed by atoms with Gasteiger partial charge in [0.25, 0.3) is 5.69 Å². The maximum atomic E-state index is 11.8. The van der Waals surface area contributed by atoms with Crippen molar-refractivity contribution in [2.24, 2.45) is 5.11 Å². The van der Waals surface area contributed by atoms with Gasteiger partial charge in [-0.3, -0.25) is 10.1 Å². The van der Waals surface area contributed by atoms with Crippen molar-refractivity contribution in [3.8, 4) is 0 Å². The summed E-state index contributed by atoms with van der Waals surface area (Å²) in [6, 6.07) is 3.12. The number of rotatable bonds is 11. The molecule has 0 aromatic heterocycles. The highest BCUT2D eigenvalue weighted by atomic mass is 16.6. The zero-order valence-corrected chi connectivity index (χ0v) is 18.0. The largest absolute Gasteiger partial charge is 0.448 e. The maximum absolute atomic E-state index is 11.8. The van der Waals surface area contributed by atoms with E-state index in [9.17, 15) is 40.4 Å². The smallest absolute Gasteiger partial charge is 0.407 e. The van der Waals surface area contributed by atoms with Crippen LogP contribution in [0.3, 0.4) is 0 Å². The summed E-state index contributed by atoms with van der Waals surface area (Å²) in [7, 11) is 0. The van der Waals surface area contributed by atoms with Gasteiger partial charge in [-0.2, -0.15) is 0 Å². The number of carbonyl (C=O) groups is 1. The fourth-order valence-corrected chi connectivity index (χ4v) is 3.46. The van der Waals surface area contributed by atoms with Gasteiger partial charge in [-0.1, -0.05) is 0 Å². The third-order valence-corrected chi connectivity index (χ3v) is 5.28. The Kier molecular flexibility index (Phi) is 9.76. The minimum atomic E-state index is -1.98. The van der Waals surface area contributed by atoms with Gasteiger partial charge >= 0.3 is 6.09 Å². The van der Waals surface area contributed by atoms with E-state index in [1.165, 1.54) is 12.1 Å². The molecule has 0 heterocycles. The zero-order valence-electron chi connectivity index (χ0n) is 18.0. The Morgan fingerprint density at radius 2 is 2.03 bits per heavy atom. The van der Waals surface area contributed by atoms with Crippen molar-refractivity contribution in [2.75, 3.05) is 38.2 Å². The van der Waals surface area contributed by atoms with Crippen LogP contribution in [0, 0.1) is 15.6 Å². The molecule has 1 amide bonds. The Morgan fingerprint density at radius 1 is 1.29 bits per heavy atom. The Bertz CT molecular complexity index is 914. The highest BCUT2D eigenvalue weighted by molar-refractivity contribution is 5.68. The first-order valence-corrected chi connectivity index (χ1v) is 10.2. The number of nitro benzene ring substituents is 1. The van der Waals surface area contributed by atoms with Gasteiger partial charge in [0.2, 0.25) is 4.91 Å². The monoisotopic (exact) mass is 486 g/mol. The van der Waals surface area contributed by atoms with E-state index in [1.807, 2.05) is 0 Å². The number of hydrogen-bond donors (Lipinski definition) is 9. The van der Waals surface area contributed by atoms with Gasteiger partial charge in [-0.05, 0) is 18.6 Å². The van der Waals surface area contributed by atoms with Gasteiger partial charge in [0.15, 0.2) is 10.8 Å². The molecular weight excluding hydrogens is 458 g/mol. The molecule has 188 valence electrons. The number of hydrogen-bond acceptors (Lipinski definition) is 13. The molecule has 0 aliphatic heterocycles. The van der Waals surface area contributed by atoms with Crippen molar-refractivity contribution < 1.29 is 40.0 Å². The van der Waals surface area contributed by atoms with Crippen molar-refractivity contribution in [1.82, 2.24) is 15.5 Å². The summed E-state index contributed by atoms with van der Waals surface area (Å²) in [4.78, 5) is 25.1. The summed E-state index contributed by atoms with van der Waals surface area (Å²) in [5.74, 6) is 0. The Morgan fingerprint density at radius 3 is 2.68 bits per heavy atom. The molecule has 9 N–H and O–H groups in total. The van der Waals surface area contributed by atoms with Crippen molar-refractivity contribution in [1.29, 1.82) is 5.53 Å². The number of aliphatic hydroxyl groups is 5. The molecule has 1 aliphatic rings. The summed E-state index contributed by atoms with van der Waals surface area (Å²) in [6.07, 6.45) is -5.76. The number of amides is 1. The third-order valence-electron chi connectivity index (χ3n) is 5.28. The summed E-state index contributed by atoms with van der Waals surface area (Å²) in [5, 5.41) is 71.8. The second kappa shape index (κ2) is 12.3. The van der Waals surface area contributed by atoms with Crippen molar-refractivity contribution >= 4 is 23.2 Å². The number of aliphatic hydroxyl groups excluding tert-OH is 4. The number of nitrogens with one attached hydrogen (secondary N) is 4. The SMILES string of the molecule is N=[N+]=Nc1ccc(NCCOC(=O)NCCN[C@H]2C[C@](O)(CO)[C@@H](O)[C@H](O)[C@H]2O)c([N+](=O)[O-])c1. The quantitative estimate of drug-likeness (QED) is 0.0547. The average molecular weight is 486 g/mol. The molecule has 16 nitrogen and oxygen atoms in total. The molecule has 1 aliphatic carbocycles. The van der Waals surface area contributed by atoms with E-state index in [2.05, 4.69) is 26.0 Å². The van der Waals surface area contributed by atoms with Crippen molar-refractivity contribution in [3.05, 3.63) is 28.3 Å². The number of nitrogens with zero attached hydrogens (tertiary/aromatic N) is 3. The molecule has 34 heavy (non-hydrogen) atoms. The van der Waals surface area contributed by atoms with E-state index in [0.29, 0.717) is 0 Å². The summed E-state index contributed by atoms with van der Waals surface area (Å²) in [6.45, 7) is -0.672. The number of ether oxygens (including phenoxy) is 1. The Balaban J connectivity index is 1.71. The molecule has 0 unspecified atom stereocenters. The normalized spacial score (nSPS) is 26.3. The lowest BCUT2D eigenvalue weighted by atomic mass is 9.76. The van der Waals surface area contributed by atoms with Gasteiger partial charge in [0, 0.05) is 25.7 Å². The van der Waals surface area contributed by atoms with E-state index in [1.54, 1.807) is 0 Å². The molecular formula is C18H28N7O9+. The highest BCUT2D eigenvalue weighted by Gasteiger charge is 2.50. The second-order valence-corrected chi connectivity index (χ2v) is 7.60. The van der Waals surface area contributed by atoms with Crippen LogP contribution in [-0.4, -0.2) is 99.4 Å². The minimum absolute atomic E-state index is 0.0587. The highest BCUT2D eigenvalue weighted by Crippen LogP contribution is 2.30. The summed E-state index contributed by atoms with van der Waals surface area (Å²) in [5.41, 5.74) is 4.73. The topological polar surface area (TPSA) is 257 Å². The first kappa shape index (κ1) is 27.0. The number of benzene rings is 1. The molecule has 0 bridgehead atoms. The lowest BCUT2D eigenvalue weighted by molar-refractivity contribution is -0.383. The van der Waals surface area contributed by atoms with Crippen LogP contribution in [0.25, 0.3) is 0 Å². The maximum Gasteiger partial charge on any atom is 0.407 e. The van der Waals surface area contributed by atoms with Crippen LogP contribution in [-0.2, 0) is 4.74 Å². The van der Waals surface area contributed by atoms with Gasteiger partial charge in [0.05, 0.1) is 23.7 Å². The summed E-state index contributed by atoms with van der Waals surface area (Å²) >= 11 is 0. The predicted molar refractivity (Wildman–Crippen MR) is 114 cm³/mol. The lowest BCUT2D eigenvalue weighted by Gasteiger charge is -2.45. The fraction of sp³-hybridized carbons (Fsp3) is 0.611. The Labute approximate surface area is 192 Å². The molecule has 0 spiro atoms. The van der Waals surface area contributed by atoms with Gasteiger partial charge in [-0.15, -0.1) is 0 Å². The number of nitro groups is 1. The molecule has 2 rings (SSSR count). The predicted octanol–water partition coefficient (Wildman–Crippen LogP) is -1.92. The number of carbonyl (C=O) groups excluding carboxylic acids is 1. The molecule has 0 saturated heterocycles. The lowest BCUT2D eigenvalue weighted by Crippen LogP contribution is -2.67. The standard InChI is InChI=1S/C18H27N7O9/c19-24-23-10-1-2-11(13(7-10)25(32)33)21-5-6-34-17(30)22-4-3-20-12-8-18(31,9-26)16(29)15(28)14(12)27/h1-2,7,12,14-16,19-20,26-29,31H,3-6,8-9H2,(H,22,30)/p+1/t12-,14-,15+,16-,18-/m0/s1. The summed E-state index contributed by atoms with van der Waals surface area (Å²) < 4.78 is 4.96.